The SMILES string of the molecule is CCN1CCCC1CC1(C(=O)OC)CCCCN1. The highest BCUT2D eigenvalue weighted by Gasteiger charge is 2.43. The highest BCUT2D eigenvalue weighted by atomic mass is 16.5. The molecular formula is C14H26N2O2. The lowest BCUT2D eigenvalue weighted by Gasteiger charge is -2.39. The Balaban J connectivity index is 2.07. The maximum Gasteiger partial charge on any atom is 0.326 e. The number of piperidine rings is 1. The number of esters is 1. The van der Waals surface area contributed by atoms with Crippen molar-refractivity contribution in [2.24, 2.45) is 0 Å². The molecule has 2 aliphatic heterocycles. The molecule has 18 heavy (non-hydrogen) atoms. The van der Waals surface area contributed by atoms with Crippen LogP contribution in [0.25, 0.3) is 0 Å². The van der Waals surface area contributed by atoms with Crippen molar-refractivity contribution >= 4 is 5.97 Å². The van der Waals surface area contributed by atoms with Crippen molar-refractivity contribution in [3.63, 3.8) is 0 Å². The van der Waals surface area contributed by atoms with Crippen LogP contribution in [-0.4, -0.2) is 49.2 Å². The molecule has 4 nitrogen and oxygen atoms in total. The molecule has 0 amide bonds. The van der Waals surface area contributed by atoms with Crippen LogP contribution in [0.15, 0.2) is 0 Å². The number of rotatable bonds is 4. The third-order valence-corrected chi connectivity index (χ3v) is 4.56. The molecule has 2 atom stereocenters. The third-order valence-electron chi connectivity index (χ3n) is 4.56. The van der Waals surface area contributed by atoms with Crippen LogP contribution in [0.4, 0.5) is 0 Å². The molecule has 2 saturated heterocycles. The van der Waals surface area contributed by atoms with Gasteiger partial charge in [0, 0.05) is 6.04 Å². The van der Waals surface area contributed by atoms with Gasteiger partial charge in [-0.15, -0.1) is 0 Å². The summed E-state index contributed by atoms with van der Waals surface area (Å²) in [5, 5.41) is 3.45. The zero-order valence-electron chi connectivity index (χ0n) is 11.7. The van der Waals surface area contributed by atoms with Gasteiger partial charge in [-0.2, -0.15) is 0 Å². The van der Waals surface area contributed by atoms with Crippen LogP contribution >= 0.6 is 0 Å². The van der Waals surface area contributed by atoms with Crippen molar-refractivity contribution in [2.75, 3.05) is 26.7 Å². The van der Waals surface area contributed by atoms with E-state index in [1.807, 2.05) is 0 Å². The fourth-order valence-electron chi connectivity index (χ4n) is 3.54. The molecule has 0 spiro atoms. The number of hydrogen-bond donors (Lipinski definition) is 1. The highest BCUT2D eigenvalue weighted by molar-refractivity contribution is 5.81. The quantitative estimate of drug-likeness (QED) is 0.773. The first-order valence-corrected chi connectivity index (χ1v) is 7.29. The van der Waals surface area contributed by atoms with Gasteiger partial charge in [-0.05, 0) is 58.2 Å². The zero-order valence-corrected chi connectivity index (χ0v) is 11.7. The van der Waals surface area contributed by atoms with Crippen LogP contribution in [0.1, 0.15) is 45.4 Å². The van der Waals surface area contributed by atoms with Crippen molar-refractivity contribution in [1.82, 2.24) is 10.2 Å². The molecule has 0 aromatic rings. The molecule has 2 aliphatic rings. The Hall–Kier alpha value is -0.610. The average molecular weight is 254 g/mol. The Labute approximate surface area is 110 Å². The molecule has 0 aromatic carbocycles. The Morgan fingerprint density at radius 1 is 1.44 bits per heavy atom. The molecular weight excluding hydrogens is 228 g/mol. The standard InChI is InChI=1S/C14H26N2O2/c1-3-16-10-6-7-12(16)11-14(13(17)18-2)8-4-5-9-15-14/h12,15H,3-11H2,1-2H3. The molecule has 2 unspecified atom stereocenters. The Morgan fingerprint density at radius 2 is 2.28 bits per heavy atom. The number of methoxy groups -OCH3 is 1. The summed E-state index contributed by atoms with van der Waals surface area (Å²) in [5.74, 6) is -0.0647. The first kappa shape index (κ1) is 13.8. The number of carbonyl (C=O) groups is 1. The van der Waals surface area contributed by atoms with Crippen LogP contribution in [0.5, 0.6) is 0 Å². The number of nitrogens with one attached hydrogen (secondary N) is 1. The number of nitrogens with zero attached hydrogens (tertiary/aromatic N) is 1. The topological polar surface area (TPSA) is 41.6 Å². The Morgan fingerprint density at radius 3 is 2.89 bits per heavy atom. The van der Waals surface area contributed by atoms with Gasteiger partial charge in [0.05, 0.1) is 7.11 Å². The summed E-state index contributed by atoms with van der Waals surface area (Å²) in [7, 11) is 1.51. The normalized spacial score (nSPS) is 33.6. The second-order valence-electron chi connectivity index (χ2n) is 5.59. The van der Waals surface area contributed by atoms with Crippen molar-refractivity contribution < 1.29 is 9.53 Å². The minimum absolute atomic E-state index is 0.0647. The largest absolute Gasteiger partial charge is 0.468 e. The van der Waals surface area contributed by atoms with Gasteiger partial charge in [0.1, 0.15) is 5.54 Å². The van der Waals surface area contributed by atoms with E-state index in [1.165, 1.54) is 32.9 Å². The molecule has 4 heteroatoms. The van der Waals surface area contributed by atoms with E-state index in [2.05, 4.69) is 17.1 Å². The van der Waals surface area contributed by atoms with E-state index >= 15 is 0 Å². The lowest BCUT2D eigenvalue weighted by molar-refractivity contribution is -0.150. The maximum absolute atomic E-state index is 12.2. The summed E-state index contributed by atoms with van der Waals surface area (Å²) in [4.78, 5) is 14.7. The van der Waals surface area contributed by atoms with E-state index in [9.17, 15) is 4.79 Å². The molecule has 0 aliphatic carbocycles. The summed E-state index contributed by atoms with van der Waals surface area (Å²) in [6.07, 6.45) is 6.60. The van der Waals surface area contributed by atoms with E-state index in [-0.39, 0.29) is 5.97 Å². The van der Waals surface area contributed by atoms with Crippen molar-refractivity contribution in [3.05, 3.63) is 0 Å². The van der Waals surface area contributed by atoms with E-state index in [0.29, 0.717) is 6.04 Å². The lowest BCUT2D eigenvalue weighted by Crippen LogP contribution is -2.58. The number of carbonyl (C=O) groups excluding carboxylic acids is 1. The van der Waals surface area contributed by atoms with E-state index in [1.54, 1.807) is 0 Å². The van der Waals surface area contributed by atoms with Crippen molar-refractivity contribution in [3.8, 4) is 0 Å². The van der Waals surface area contributed by atoms with Gasteiger partial charge in [0.15, 0.2) is 0 Å². The summed E-state index contributed by atoms with van der Waals surface area (Å²) in [5.41, 5.74) is -0.421. The fourth-order valence-corrected chi connectivity index (χ4v) is 3.54. The average Bonchev–Trinajstić information content (AvgIpc) is 2.85. The smallest absolute Gasteiger partial charge is 0.326 e. The molecule has 0 radical (unpaired) electrons. The Bertz CT molecular complexity index is 288. The first-order valence-electron chi connectivity index (χ1n) is 7.29. The zero-order chi connectivity index (χ0) is 13.0. The van der Waals surface area contributed by atoms with Crippen LogP contribution in [0.2, 0.25) is 0 Å². The van der Waals surface area contributed by atoms with Crippen LogP contribution in [0, 0.1) is 0 Å². The van der Waals surface area contributed by atoms with Gasteiger partial charge in [0.2, 0.25) is 0 Å². The molecule has 2 rings (SSSR count). The predicted molar refractivity (Wildman–Crippen MR) is 71.5 cm³/mol. The van der Waals surface area contributed by atoms with E-state index in [4.69, 9.17) is 4.74 Å². The van der Waals surface area contributed by atoms with Crippen LogP contribution < -0.4 is 5.32 Å². The minimum atomic E-state index is -0.421. The summed E-state index contributed by atoms with van der Waals surface area (Å²) in [6.45, 7) is 5.41. The number of hydrogen-bond acceptors (Lipinski definition) is 4. The third kappa shape index (κ3) is 2.69. The molecule has 104 valence electrons. The van der Waals surface area contributed by atoms with E-state index < -0.39 is 5.54 Å². The van der Waals surface area contributed by atoms with Gasteiger partial charge in [0.25, 0.3) is 0 Å². The van der Waals surface area contributed by atoms with Gasteiger partial charge in [-0.1, -0.05) is 6.92 Å². The second kappa shape index (κ2) is 6.02. The summed E-state index contributed by atoms with van der Waals surface area (Å²) < 4.78 is 5.05. The number of ether oxygens (including phenoxy) is 1. The van der Waals surface area contributed by atoms with Gasteiger partial charge in [-0.25, -0.2) is 0 Å². The lowest BCUT2D eigenvalue weighted by atomic mass is 9.82. The van der Waals surface area contributed by atoms with Gasteiger partial charge < -0.3 is 15.0 Å². The highest BCUT2D eigenvalue weighted by Crippen LogP contribution is 2.31. The fraction of sp³-hybridized carbons (Fsp3) is 0.929. The molecule has 0 aromatic heterocycles. The predicted octanol–water partition coefficient (Wildman–Crippen LogP) is 1.55. The number of likely N-dealkylation sites (tertiary alicyclic amines) is 1. The van der Waals surface area contributed by atoms with Crippen LogP contribution in [0.3, 0.4) is 0 Å². The van der Waals surface area contributed by atoms with Crippen molar-refractivity contribution in [1.29, 1.82) is 0 Å². The molecule has 0 bridgehead atoms. The van der Waals surface area contributed by atoms with Gasteiger partial charge in [-0.3, -0.25) is 4.79 Å². The molecule has 2 fully saturated rings. The first-order chi connectivity index (χ1) is 8.72. The molecule has 1 N–H and O–H groups in total. The summed E-state index contributed by atoms with van der Waals surface area (Å²) in [6, 6.07) is 0.541. The van der Waals surface area contributed by atoms with Crippen LogP contribution in [-0.2, 0) is 9.53 Å². The second-order valence-corrected chi connectivity index (χ2v) is 5.59. The molecule has 0 saturated carbocycles. The van der Waals surface area contributed by atoms with Crippen molar-refractivity contribution in [2.45, 2.75) is 57.0 Å². The maximum atomic E-state index is 12.2. The Kier molecular flexibility index (Phi) is 4.62. The van der Waals surface area contributed by atoms with E-state index in [0.717, 1.165) is 32.4 Å². The summed E-state index contributed by atoms with van der Waals surface area (Å²) >= 11 is 0. The van der Waals surface area contributed by atoms with Gasteiger partial charge >= 0.3 is 5.97 Å². The molecule has 2 heterocycles. The minimum Gasteiger partial charge on any atom is -0.468 e. The monoisotopic (exact) mass is 254 g/mol.